The van der Waals surface area contributed by atoms with Crippen molar-refractivity contribution in [3.05, 3.63) is 200 Å². The molecule has 296 valence electrons. The number of fused-ring (bicyclic) bond motifs is 16. The summed E-state index contributed by atoms with van der Waals surface area (Å²) in [7, 11) is 0. The average molecular weight is 832 g/mol. The van der Waals surface area contributed by atoms with E-state index >= 15 is 0 Å². The smallest absolute Gasteiger partial charge is 0.164 e. The molecule has 11 aromatic carbocycles. The van der Waals surface area contributed by atoms with Gasteiger partial charge in [-0.15, -0.1) is 11.3 Å². The van der Waals surface area contributed by atoms with Crippen LogP contribution in [0.3, 0.4) is 0 Å². The predicted molar refractivity (Wildman–Crippen MR) is 269 cm³/mol. The first-order valence-corrected chi connectivity index (χ1v) is 22.4. The molecule has 0 saturated heterocycles. The highest BCUT2D eigenvalue weighted by atomic mass is 32.1. The van der Waals surface area contributed by atoms with Crippen molar-refractivity contribution in [2.45, 2.75) is 0 Å². The molecule has 0 unspecified atom stereocenters. The molecular formula is C59H33N3OS. The summed E-state index contributed by atoms with van der Waals surface area (Å²) in [6.07, 6.45) is 0. The first-order chi connectivity index (χ1) is 31.7. The third-order valence-corrected chi connectivity index (χ3v) is 14.2. The van der Waals surface area contributed by atoms with Gasteiger partial charge in [-0.3, -0.25) is 0 Å². The molecule has 0 radical (unpaired) electrons. The van der Waals surface area contributed by atoms with Crippen molar-refractivity contribution < 1.29 is 4.42 Å². The standard InChI is InChI=1S/C59H33N3OS/c1-2-13-36(14-3-1)57-60-58(62-59(61-57)39-26-28-47-51(33-39)64-50-31-27-34-12-4-6-16-40(34)53(47)50)37-24-22-35(23-25-37)52-41-17-7-5-15-38(41)32-49-55(52)48-30-29-46-44-20-9-8-18-42(44)43-19-10-11-21-45(43)54(46)56(48)63-49/h1-33H. The van der Waals surface area contributed by atoms with Gasteiger partial charge in [-0.25, -0.2) is 15.0 Å². The molecule has 14 rings (SSSR count). The van der Waals surface area contributed by atoms with Crippen molar-refractivity contribution in [3.8, 4) is 45.3 Å². The summed E-state index contributed by atoms with van der Waals surface area (Å²) in [6, 6.07) is 71.4. The SMILES string of the molecule is c1ccc(-c2nc(-c3ccc(-c4c5ccccc5cc5oc6c(ccc7c8ccccc8c8ccccc8c76)c45)cc3)nc(-c3ccc4c(c3)sc3ccc5ccccc5c34)n2)cc1. The Labute approximate surface area is 370 Å². The van der Waals surface area contributed by atoms with E-state index in [1.807, 2.05) is 29.5 Å². The summed E-state index contributed by atoms with van der Waals surface area (Å²) in [5, 5.41) is 16.8. The molecule has 0 spiro atoms. The van der Waals surface area contributed by atoms with Crippen LogP contribution in [0.5, 0.6) is 0 Å². The summed E-state index contributed by atoms with van der Waals surface area (Å²) in [6.45, 7) is 0. The second-order valence-electron chi connectivity index (χ2n) is 16.6. The molecule has 0 bridgehead atoms. The lowest BCUT2D eigenvalue weighted by atomic mass is 9.90. The highest BCUT2D eigenvalue weighted by molar-refractivity contribution is 7.26. The minimum Gasteiger partial charge on any atom is -0.455 e. The highest BCUT2D eigenvalue weighted by Gasteiger charge is 2.21. The van der Waals surface area contributed by atoms with Crippen LogP contribution >= 0.6 is 11.3 Å². The number of thiophene rings is 1. The molecule has 0 amide bonds. The molecule has 0 fully saturated rings. The molecule has 3 heterocycles. The number of hydrogen-bond acceptors (Lipinski definition) is 5. The Balaban J connectivity index is 0.945. The Morgan fingerprint density at radius 2 is 0.844 bits per heavy atom. The molecule has 3 aromatic heterocycles. The van der Waals surface area contributed by atoms with Gasteiger partial charge < -0.3 is 4.42 Å². The number of hydrogen-bond donors (Lipinski definition) is 0. The lowest BCUT2D eigenvalue weighted by Gasteiger charge is -2.12. The van der Waals surface area contributed by atoms with Gasteiger partial charge in [-0.05, 0) is 78.3 Å². The summed E-state index contributed by atoms with van der Waals surface area (Å²) < 4.78 is 9.51. The van der Waals surface area contributed by atoms with Gasteiger partial charge in [-0.1, -0.05) is 176 Å². The fourth-order valence-corrected chi connectivity index (χ4v) is 11.3. The lowest BCUT2D eigenvalue weighted by molar-refractivity contribution is 0.673. The second-order valence-corrected chi connectivity index (χ2v) is 17.7. The first-order valence-electron chi connectivity index (χ1n) is 21.6. The van der Waals surface area contributed by atoms with E-state index in [0.29, 0.717) is 17.5 Å². The van der Waals surface area contributed by atoms with Crippen molar-refractivity contribution in [2.24, 2.45) is 0 Å². The Hall–Kier alpha value is -8.25. The zero-order valence-corrected chi connectivity index (χ0v) is 35.0. The van der Waals surface area contributed by atoms with E-state index in [1.165, 1.54) is 63.3 Å². The lowest BCUT2D eigenvalue weighted by Crippen LogP contribution is -2.00. The maximum absolute atomic E-state index is 7.03. The van der Waals surface area contributed by atoms with Crippen molar-refractivity contribution in [2.75, 3.05) is 0 Å². The summed E-state index contributed by atoms with van der Waals surface area (Å²) in [5.74, 6) is 1.91. The average Bonchev–Trinajstić information content (AvgIpc) is 3.94. The van der Waals surface area contributed by atoms with Crippen LogP contribution in [0, 0.1) is 0 Å². The molecule has 4 nitrogen and oxygen atoms in total. The fourth-order valence-electron chi connectivity index (χ4n) is 10.2. The van der Waals surface area contributed by atoms with Gasteiger partial charge in [0.15, 0.2) is 17.5 Å². The van der Waals surface area contributed by atoms with Crippen molar-refractivity contribution in [1.29, 1.82) is 0 Å². The summed E-state index contributed by atoms with van der Waals surface area (Å²) in [4.78, 5) is 15.4. The van der Waals surface area contributed by atoms with Gasteiger partial charge in [0, 0.05) is 58.6 Å². The molecule has 14 aromatic rings. The summed E-state index contributed by atoms with van der Waals surface area (Å²) >= 11 is 1.81. The number of aromatic nitrogens is 3. The van der Waals surface area contributed by atoms with Crippen molar-refractivity contribution >= 4 is 107 Å². The fraction of sp³-hybridized carbons (Fsp3) is 0. The molecule has 0 aliphatic carbocycles. The topological polar surface area (TPSA) is 51.8 Å². The third kappa shape index (κ3) is 5.25. The Morgan fingerprint density at radius 1 is 0.312 bits per heavy atom. The van der Waals surface area contributed by atoms with Crippen LogP contribution in [0.1, 0.15) is 0 Å². The molecular weight excluding hydrogens is 799 g/mol. The normalized spacial score (nSPS) is 12.1. The molecule has 0 aliphatic heterocycles. The molecule has 0 aliphatic rings. The van der Waals surface area contributed by atoms with Crippen molar-refractivity contribution in [3.63, 3.8) is 0 Å². The molecule has 0 saturated carbocycles. The second kappa shape index (κ2) is 13.6. The van der Waals surface area contributed by atoms with E-state index in [-0.39, 0.29) is 0 Å². The number of benzene rings is 11. The number of rotatable bonds is 4. The Bertz CT molecular complexity index is 4210. The predicted octanol–water partition coefficient (Wildman–Crippen LogP) is 16.6. The Morgan fingerprint density at radius 3 is 1.59 bits per heavy atom. The van der Waals surface area contributed by atoms with Gasteiger partial charge in [0.1, 0.15) is 11.2 Å². The number of furan rings is 1. The maximum atomic E-state index is 7.03. The summed E-state index contributed by atoms with van der Waals surface area (Å²) in [5.41, 5.74) is 6.84. The van der Waals surface area contributed by atoms with Crippen LogP contribution in [-0.4, -0.2) is 15.0 Å². The first kappa shape index (κ1) is 35.4. The zero-order chi connectivity index (χ0) is 41.9. The monoisotopic (exact) mass is 831 g/mol. The van der Waals surface area contributed by atoms with Crippen molar-refractivity contribution in [1.82, 2.24) is 15.0 Å². The molecule has 5 heteroatoms. The largest absolute Gasteiger partial charge is 0.455 e. The van der Waals surface area contributed by atoms with E-state index < -0.39 is 0 Å². The third-order valence-electron chi connectivity index (χ3n) is 13.1. The molecule has 64 heavy (non-hydrogen) atoms. The van der Waals surface area contributed by atoms with Crippen LogP contribution in [0.15, 0.2) is 205 Å². The van der Waals surface area contributed by atoms with Gasteiger partial charge in [-0.2, -0.15) is 0 Å². The van der Waals surface area contributed by atoms with Crippen LogP contribution in [0.25, 0.3) is 141 Å². The van der Waals surface area contributed by atoms with Gasteiger partial charge >= 0.3 is 0 Å². The highest BCUT2D eigenvalue weighted by Crippen LogP contribution is 2.47. The van der Waals surface area contributed by atoms with Gasteiger partial charge in [0.25, 0.3) is 0 Å². The van der Waals surface area contributed by atoms with Gasteiger partial charge in [0.2, 0.25) is 0 Å². The minimum absolute atomic E-state index is 0.625. The van der Waals surface area contributed by atoms with Crippen LogP contribution in [0.4, 0.5) is 0 Å². The molecule has 0 atom stereocenters. The minimum atomic E-state index is 0.625. The molecule has 0 N–H and O–H groups in total. The van der Waals surface area contributed by atoms with Gasteiger partial charge in [0.05, 0.1) is 0 Å². The zero-order valence-electron chi connectivity index (χ0n) is 34.2. The van der Waals surface area contributed by atoms with Crippen LogP contribution < -0.4 is 0 Å². The van der Waals surface area contributed by atoms with E-state index in [2.05, 4.69) is 182 Å². The quantitative estimate of drug-likeness (QED) is 0.166. The van der Waals surface area contributed by atoms with E-state index in [0.717, 1.165) is 60.5 Å². The Kier molecular flexibility index (Phi) is 7.53. The van der Waals surface area contributed by atoms with E-state index in [4.69, 9.17) is 19.4 Å². The van der Waals surface area contributed by atoms with E-state index in [1.54, 1.807) is 0 Å². The van der Waals surface area contributed by atoms with E-state index in [9.17, 15) is 0 Å². The number of nitrogens with zero attached hydrogens (tertiary/aromatic N) is 3. The maximum Gasteiger partial charge on any atom is 0.164 e. The van der Waals surface area contributed by atoms with Crippen LogP contribution in [0.2, 0.25) is 0 Å². The van der Waals surface area contributed by atoms with Crippen LogP contribution in [-0.2, 0) is 0 Å².